The first-order valence-corrected chi connectivity index (χ1v) is 7.18. The molecule has 2 aromatic carbocycles. The molecule has 0 aliphatic heterocycles. The molecule has 0 heterocycles. The van der Waals surface area contributed by atoms with Gasteiger partial charge in [-0.15, -0.1) is 0 Å². The molecule has 0 radical (unpaired) electrons. The van der Waals surface area contributed by atoms with Crippen LogP contribution in [0.4, 0.5) is 0 Å². The second-order valence-electron chi connectivity index (χ2n) is 4.87. The first-order chi connectivity index (χ1) is 9.63. The highest BCUT2D eigenvalue weighted by molar-refractivity contribution is 6.30. The zero-order valence-corrected chi connectivity index (χ0v) is 12.7. The summed E-state index contributed by atoms with van der Waals surface area (Å²) in [4.78, 5) is 0. The van der Waals surface area contributed by atoms with E-state index in [-0.39, 0.29) is 6.04 Å². The number of benzene rings is 2. The topological polar surface area (TPSA) is 35.2 Å². The summed E-state index contributed by atoms with van der Waals surface area (Å²) in [6.07, 6.45) is 1.81. The highest BCUT2D eigenvalue weighted by Gasteiger charge is 2.13. The number of methoxy groups -OCH3 is 1. The minimum Gasteiger partial charge on any atom is -0.496 e. The molecule has 0 fully saturated rings. The Hall–Kier alpha value is -1.51. The molecule has 2 rings (SSSR count). The molecular formula is C17H20ClNO. The second kappa shape index (κ2) is 6.78. The normalized spacial score (nSPS) is 12.2. The van der Waals surface area contributed by atoms with Gasteiger partial charge in [0.05, 0.1) is 7.11 Å². The predicted molar refractivity (Wildman–Crippen MR) is 84.5 cm³/mol. The lowest BCUT2D eigenvalue weighted by molar-refractivity contribution is 0.405. The van der Waals surface area contributed by atoms with Crippen molar-refractivity contribution in [3.63, 3.8) is 0 Å². The Morgan fingerprint density at radius 3 is 2.35 bits per heavy atom. The van der Waals surface area contributed by atoms with Gasteiger partial charge >= 0.3 is 0 Å². The van der Waals surface area contributed by atoms with Crippen LogP contribution in [-0.4, -0.2) is 7.11 Å². The van der Waals surface area contributed by atoms with Gasteiger partial charge in [-0.1, -0.05) is 42.8 Å². The molecule has 2 nitrogen and oxygen atoms in total. The lowest BCUT2D eigenvalue weighted by Crippen LogP contribution is -2.14. The van der Waals surface area contributed by atoms with Gasteiger partial charge in [0, 0.05) is 16.6 Å². The van der Waals surface area contributed by atoms with Crippen molar-refractivity contribution < 1.29 is 4.74 Å². The van der Waals surface area contributed by atoms with Gasteiger partial charge in [0.1, 0.15) is 5.75 Å². The molecule has 2 aromatic rings. The van der Waals surface area contributed by atoms with Crippen LogP contribution in [0.5, 0.6) is 5.75 Å². The van der Waals surface area contributed by atoms with Crippen molar-refractivity contribution in [1.29, 1.82) is 0 Å². The molecule has 0 spiro atoms. The Morgan fingerprint density at radius 1 is 1.10 bits per heavy atom. The number of nitrogens with two attached hydrogens (primary N) is 1. The zero-order valence-electron chi connectivity index (χ0n) is 11.9. The van der Waals surface area contributed by atoms with Gasteiger partial charge in [-0.05, 0) is 42.2 Å². The molecule has 0 aromatic heterocycles. The van der Waals surface area contributed by atoms with Crippen LogP contribution in [0.2, 0.25) is 5.02 Å². The van der Waals surface area contributed by atoms with E-state index in [4.69, 9.17) is 22.1 Å². The molecule has 3 heteroatoms. The lowest BCUT2D eigenvalue weighted by atomic mass is 9.98. The van der Waals surface area contributed by atoms with Crippen LogP contribution in [0, 0.1) is 0 Å². The molecule has 0 amide bonds. The van der Waals surface area contributed by atoms with E-state index in [1.165, 1.54) is 11.1 Å². The van der Waals surface area contributed by atoms with Crippen LogP contribution in [0.25, 0.3) is 0 Å². The summed E-state index contributed by atoms with van der Waals surface area (Å²) in [6.45, 7) is 2.15. The van der Waals surface area contributed by atoms with Crippen molar-refractivity contribution in [3.8, 4) is 5.75 Å². The summed E-state index contributed by atoms with van der Waals surface area (Å²) in [7, 11) is 1.65. The van der Waals surface area contributed by atoms with E-state index in [9.17, 15) is 0 Å². The monoisotopic (exact) mass is 289 g/mol. The van der Waals surface area contributed by atoms with E-state index in [0.29, 0.717) is 5.02 Å². The highest BCUT2D eigenvalue weighted by atomic mass is 35.5. The van der Waals surface area contributed by atoms with Gasteiger partial charge in [0.2, 0.25) is 0 Å². The van der Waals surface area contributed by atoms with Gasteiger partial charge < -0.3 is 10.5 Å². The molecule has 106 valence electrons. The number of aryl methyl sites for hydroxylation is 1. The number of hydrogen-bond acceptors (Lipinski definition) is 2. The zero-order chi connectivity index (χ0) is 14.5. The van der Waals surface area contributed by atoms with E-state index >= 15 is 0 Å². The van der Waals surface area contributed by atoms with Crippen LogP contribution in [0.15, 0.2) is 42.5 Å². The van der Waals surface area contributed by atoms with Crippen molar-refractivity contribution in [2.45, 2.75) is 25.8 Å². The molecule has 20 heavy (non-hydrogen) atoms. The summed E-state index contributed by atoms with van der Waals surface area (Å²) in [6, 6.07) is 14.0. The first-order valence-electron chi connectivity index (χ1n) is 6.81. The van der Waals surface area contributed by atoms with Crippen molar-refractivity contribution in [2.24, 2.45) is 5.73 Å². The third-order valence-electron chi connectivity index (χ3n) is 3.48. The maximum atomic E-state index is 6.30. The molecule has 2 N–H and O–H groups in total. The summed E-state index contributed by atoms with van der Waals surface area (Å²) in [5.74, 6) is 0.784. The average molecular weight is 290 g/mol. The summed E-state index contributed by atoms with van der Waals surface area (Å²) in [5, 5.41) is 0.678. The lowest BCUT2D eigenvalue weighted by Gasteiger charge is -2.16. The number of hydrogen-bond donors (Lipinski definition) is 1. The average Bonchev–Trinajstić information content (AvgIpc) is 2.48. The van der Waals surface area contributed by atoms with Crippen molar-refractivity contribution in [1.82, 2.24) is 0 Å². The van der Waals surface area contributed by atoms with Gasteiger partial charge in [-0.3, -0.25) is 0 Å². The van der Waals surface area contributed by atoms with E-state index in [1.807, 2.05) is 18.2 Å². The molecule has 0 saturated carbocycles. The Kier molecular flexibility index (Phi) is 5.05. The minimum absolute atomic E-state index is 0.129. The third kappa shape index (κ3) is 3.53. The van der Waals surface area contributed by atoms with E-state index < -0.39 is 0 Å². The molecule has 1 atom stereocenters. The largest absolute Gasteiger partial charge is 0.496 e. The fraction of sp³-hybridized carbons (Fsp3) is 0.294. The van der Waals surface area contributed by atoms with Gasteiger partial charge in [0.25, 0.3) is 0 Å². The molecule has 0 aliphatic rings. The van der Waals surface area contributed by atoms with Crippen LogP contribution in [-0.2, 0) is 12.8 Å². The molecule has 0 bridgehead atoms. The summed E-state index contributed by atoms with van der Waals surface area (Å²) < 4.78 is 5.36. The highest BCUT2D eigenvalue weighted by Crippen LogP contribution is 2.29. The van der Waals surface area contributed by atoms with E-state index in [2.05, 4.69) is 31.2 Å². The van der Waals surface area contributed by atoms with Crippen LogP contribution < -0.4 is 10.5 Å². The van der Waals surface area contributed by atoms with Crippen LogP contribution in [0.3, 0.4) is 0 Å². The van der Waals surface area contributed by atoms with Gasteiger partial charge in [0.15, 0.2) is 0 Å². The fourth-order valence-corrected chi connectivity index (χ4v) is 2.45. The predicted octanol–water partition coefficient (Wildman–Crippen LogP) is 4.15. The third-order valence-corrected chi connectivity index (χ3v) is 3.71. The quantitative estimate of drug-likeness (QED) is 0.897. The van der Waals surface area contributed by atoms with E-state index in [0.717, 1.165) is 24.2 Å². The van der Waals surface area contributed by atoms with E-state index in [1.54, 1.807) is 7.11 Å². The van der Waals surface area contributed by atoms with Crippen LogP contribution >= 0.6 is 11.6 Å². The Labute approximate surface area is 125 Å². The number of ether oxygens (including phenoxy) is 1. The first kappa shape index (κ1) is 14.9. The van der Waals surface area contributed by atoms with Gasteiger partial charge in [-0.2, -0.15) is 0 Å². The van der Waals surface area contributed by atoms with Crippen molar-refractivity contribution >= 4 is 11.6 Å². The fourth-order valence-electron chi connectivity index (χ4n) is 2.27. The second-order valence-corrected chi connectivity index (χ2v) is 5.30. The van der Waals surface area contributed by atoms with Crippen molar-refractivity contribution in [3.05, 3.63) is 64.2 Å². The molecule has 0 saturated heterocycles. The summed E-state index contributed by atoms with van der Waals surface area (Å²) in [5.41, 5.74) is 9.80. The molecule has 0 aliphatic carbocycles. The standard InChI is InChI=1S/C17H20ClNO/c1-3-12-4-6-13(7-5-12)10-16(19)15-11-14(18)8-9-17(15)20-2/h4-9,11,16H,3,10,19H2,1-2H3. The Morgan fingerprint density at radius 2 is 1.75 bits per heavy atom. The summed E-state index contributed by atoms with van der Waals surface area (Å²) >= 11 is 6.05. The Balaban J connectivity index is 2.18. The number of halogens is 1. The van der Waals surface area contributed by atoms with Crippen molar-refractivity contribution in [2.75, 3.05) is 7.11 Å². The Bertz CT molecular complexity index is 566. The molecule has 1 unspecified atom stereocenters. The molecular weight excluding hydrogens is 270 g/mol. The smallest absolute Gasteiger partial charge is 0.123 e. The minimum atomic E-state index is -0.129. The maximum absolute atomic E-state index is 6.30. The SMILES string of the molecule is CCc1ccc(CC(N)c2cc(Cl)ccc2OC)cc1. The van der Waals surface area contributed by atoms with Gasteiger partial charge in [-0.25, -0.2) is 0 Å². The van der Waals surface area contributed by atoms with Crippen LogP contribution in [0.1, 0.15) is 29.7 Å². The number of rotatable bonds is 5. The maximum Gasteiger partial charge on any atom is 0.123 e.